The number of carboxylic acids is 1. The average molecular weight is 281 g/mol. The molecule has 0 bridgehead atoms. The van der Waals surface area contributed by atoms with Gasteiger partial charge in [-0.2, -0.15) is 0 Å². The molecule has 7 heteroatoms. The average Bonchev–Trinajstić information content (AvgIpc) is 2.96. The zero-order valence-corrected chi connectivity index (χ0v) is 10.6. The maximum Gasteiger partial charge on any atom is 0.335 e. The Morgan fingerprint density at radius 2 is 2.00 bits per heavy atom. The standard InChI is InChI=1S/C10H14Cl2N2O3/c11-7(13)5-6(8(12)14)1-4-17-10(2-3-10)9(15)16/h5H,1-4,13-14H2,(H,15,16)/b7-5-,8-6-. The van der Waals surface area contributed by atoms with E-state index in [1.165, 1.54) is 6.08 Å². The van der Waals surface area contributed by atoms with Crippen LogP contribution in [0.15, 0.2) is 22.0 Å². The summed E-state index contributed by atoms with van der Waals surface area (Å²) in [5.41, 5.74) is 10.2. The Bertz CT molecular complexity index is 368. The summed E-state index contributed by atoms with van der Waals surface area (Å²) in [6, 6.07) is 0. The van der Waals surface area contributed by atoms with E-state index in [0.29, 0.717) is 24.8 Å². The van der Waals surface area contributed by atoms with Crippen LogP contribution in [0.1, 0.15) is 19.3 Å². The molecule has 0 saturated heterocycles. The van der Waals surface area contributed by atoms with Crippen molar-refractivity contribution < 1.29 is 14.6 Å². The minimum Gasteiger partial charge on any atom is -0.479 e. The van der Waals surface area contributed by atoms with Gasteiger partial charge in [0.15, 0.2) is 5.60 Å². The molecule has 1 saturated carbocycles. The van der Waals surface area contributed by atoms with Gasteiger partial charge in [0, 0.05) is 0 Å². The van der Waals surface area contributed by atoms with Crippen LogP contribution >= 0.6 is 23.2 Å². The van der Waals surface area contributed by atoms with E-state index in [9.17, 15) is 4.79 Å². The first-order valence-electron chi connectivity index (χ1n) is 5.01. The van der Waals surface area contributed by atoms with Crippen LogP contribution in [-0.4, -0.2) is 23.3 Å². The van der Waals surface area contributed by atoms with E-state index in [0.717, 1.165) is 0 Å². The smallest absolute Gasteiger partial charge is 0.335 e. The van der Waals surface area contributed by atoms with Gasteiger partial charge in [0.05, 0.1) is 11.8 Å². The summed E-state index contributed by atoms with van der Waals surface area (Å²) in [6.07, 6.45) is 2.85. The third-order valence-corrected chi connectivity index (χ3v) is 2.81. The predicted octanol–water partition coefficient (Wildman–Crippen LogP) is 1.46. The second kappa shape index (κ2) is 5.62. The van der Waals surface area contributed by atoms with Crippen LogP contribution in [0.4, 0.5) is 0 Å². The van der Waals surface area contributed by atoms with Crippen molar-refractivity contribution in [1.82, 2.24) is 0 Å². The number of ether oxygens (including phenoxy) is 1. The molecule has 0 amide bonds. The minimum atomic E-state index is -1.01. The fourth-order valence-electron chi connectivity index (χ4n) is 1.32. The lowest BCUT2D eigenvalue weighted by Crippen LogP contribution is -2.26. The van der Waals surface area contributed by atoms with Gasteiger partial charge >= 0.3 is 5.97 Å². The second-order valence-corrected chi connectivity index (χ2v) is 4.64. The summed E-state index contributed by atoms with van der Waals surface area (Å²) >= 11 is 11.1. The molecule has 0 aliphatic heterocycles. The van der Waals surface area contributed by atoms with Crippen LogP contribution in [0, 0.1) is 0 Å². The molecule has 0 atom stereocenters. The van der Waals surface area contributed by atoms with E-state index in [1.807, 2.05) is 0 Å². The van der Waals surface area contributed by atoms with Crippen molar-refractivity contribution in [3.63, 3.8) is 0 Å². The van der Waals surface area contributed by atoms with E-state index >= 15 is 0 Å². The molecule has 0 radical (unpaired) electrons. The molecule has 96 valence electrons. The summed E-state index contributed by atoms with van der Waals surface area (Å²) < 4.78 is 5.30. The van der Waals surface area contributed by atoms with Crippen molar-refractivity contribution in [1.29, 1.82) is 0 Å². The molecule has 5 nitrogen and oxygen atoms in total. The van der Waals surface area contributed by atoms with E-state index in [-0.39, 0.29) is 16.9 Å². The monoisotopic (exact) mass is 280 g/mol. The molecule has 0 aromatic carbocycles. The van der Waals surface area contributed by atoms with Crippen LogP contribution in [0.5, 0.6) is 0 Å². The Kier molecular flexibility index (Phi) is 4.68. The first kappa shape index (κ1) is 14.2. The van der Waals surface area contributed by atoms with E-state index in [4.69, 9.17) is 44.5 Å². The van der Waals surface area contributed by atoms with Crippen molar-refractivity contribution in [3.05, 3.63) is 22.0 Å². The van der Waals surface area contributed by atoms with Gasteiger partial charge in [-0.1, -0.05) is 23.2 Å². The molecule has 1 fully saturated rings. The van der Waals surface area contributed by atoms with Gasteiger partial charge < -0.3 is 21.3 Å². The van der Waals surface area contributed by atoms with Crippen LogP contribution in [0.2, 0.25) is 0 Å². The third kappa shape index (κ3) is 4.11. The van der Waals surface area contributed by atoms with Crippen LogP contribution in [0.3, 0.4) is 0 Å². The van der Waals surface area contributed by atoms with Gasteiger partial charge in [0.25, 0.3) is 0 Å². The Hall–Kier alpha value is -0.910. The zero-order valence-electron chi connectivity index (χ0n) is 9.08. The molecule has 0 aromatic rings. The molecule has 5 N–H and O–H groups in total. The molecule has 1 rings (SSSR count). The highest BCUT2D eigenvalue weighted by Gasteiger charge is 2.51. The van der Waals surface area contributed by atoms with Crippen molar-refractivity contribution in [2.45, 2.75) is 24.9 Å². The molecule has 0 spiro atoms. The summed E-state index contributed by atoms with van der Waals surface area (Å²) in [7, 11) is 0. The number of rotatable bonds is 6. The Morgan fingerprint density at radius 3 is 2.35 bits per heavy atom. The van der Waals surface area contributed by atoms with Crippen LogP contribution in [-0.2, 0) is 9.53 Å². The van der Waals surface area contributed by atoms with Crippen LogP contribution in [0.25, 0.3) is 0 Å². The van der Waals surface area contributed by atoms with Crippen molar-refractivity contribution in [3.8, 4) is 0 Å². The summed E-state index contributed by atoms with van der Waals surface area (Å²) in [5, 5.41) is 9.01. The van der Waals surface area contributed by atoms with E-state index in [2.05, 4.69) is 0 Å². The molecule has 0 unspecified atom stereocenters. The largest absolute Gasteiger partial charge is 0.479 e. The lowest BCUT2D eigenvalue weighted by molar-refractivity contribution is -0.153. The fraction of sp³-hybridized carbons (Fsp3) is 0.500. The lowest BCUT2D eigenvalue weighted by atomic mass is 10.2. The van der Waals surface area contributed by atoms with Crippen molar-refractivity contribution in [2.75, 3.05) is 6.61 Å². The Labute approximate surface area is 109 Å². The number of carboxylic acid groups (broad SMARTS) is 1. The quantitative estimate of drug-likeness (QED) is 0.505. The third-order valence-electron chi connectivity index (χ3n) is 2.46. The predicted molar refractivity (Wildman–Crippen MR) is 65.4 cm³/mol. The molecule has 0 heterocycles. The van der Waals surface area contributed by atoms with Gasteiger partial charge in [0.2, 0.25) is 0 Å². The molecule has 1 aliphatic rings. The normalized spacial score (nSPS) is 19.8. The Balaban J connectivity index is 2.47. The number of carbonyl (C=O) groups is 1. The second-order valence-electron chi connectivity index (χ2n) is 3.80. The first-order valence-corrected chi connectivity index (χ1v) is 5.77. The van der Waals surface area contributed by atoms with Gasteiger partial charge in [-0.05, 0) is 30.9 Å². The van der Waals surface area contributed by atoms with Gasteiger partial charge in [-0.15, -0.1) is 0 Å². The molecule has 0 aromatic heterocycles. The number of halogens is 2. The van der Waals surface area contributed by atoms with Crippen molar-refractivity contribution >= 4 is 29.2 Å². The van der Waals surface area contributed by atoms with Gasteiger partial charge in [-0.3, -0.25) is 0 Å². The molecule has 17 heavy (non-hydrogen) atoms. The van der Waals surface area contributed by atoms with Crippen molar-refractivity contribution in [2.24, 2.45) is 11.5 Å². The minimum absolute atomic E-state index is 0.0583. The maximum atomic E-state index is 10.8. The molecule has 1 aliphatic carbocycles. The highest BCUT2D eigenvalue weighted by atomic mass is 35.5. The SMILES string of the molecule is N/C(Cl)=C\C(CCOC1(C(=O)O)CC1)=C(/N)Cl. The number of nitrogens with two attached hydrogens (primary N) is 2. The summed E-state index contributed by atoms with van der Waals surface area (Å²) in [6.45, 7) is 0.204. The van der Waals surface area contributed by atoms with Gasteiger partial charge in [0.1, 0.15) is 5.16 Å². The number of hydrogen-bond acceptors (Lipinski definition) is 4. The first-order chi connectivity index (χ1) is 7.87. The zero-order chi connectivity index (χ0) is 13.1. The molecular weight excluding hydrogens is 267 g/mol. The Morgan fingerprint density at radius 1 is 1.41 bits per heavy atom. The topological polar surface area (TPSA) is 98.6 Å². The lowest BCUT2D eigenvalue weighted by Gasteiger charge is -2.12. The number of aliphatic carboxylic acids is 1. The van der Waals surface area contributed by atoms with E-state index in [1.54, 1.807) is 0 Å². The van der Waals surface area contributed by atoms with Crippen LogP contribution < -0.4 is 11.5 Å². The molecular formula is C10H14Cl2N2O3. The fourth-order valence-corrected chi connectivity index (χ4v) is 1.60. The van der Waals surface area contributed by atoms with Gasteiger partial charge in [-0.25, -0.2) is 4.79 Å². The number of hydrogen-bond donors (Lipinski definition) is 3. The maximum absolute atomic E-state index is 10.8. The van der Waals surface area contributed by atoms with E-state index < -0.39 is 11.6 Å². The highest BCUT2D eigenvalue weighted by Crippen LogP contribution is 2.40. The highest BCUT2D eigenvalue weighted by molar-refractivity contribution is 6.30. The summed E-state index contributed by atoms with van der Waals surface area (Å²) in [4.78, 5) is 10.8. The summed E-state index contributed by atoms with van der Waals surface area (Å²) in [5.74, 6) is -0.936. The number of allylic oxidation sites excluding steroid dienone is 1.